The first-order valence-corrected chi connectivity index (χ1v) is 5.80. The van der Waals surface area contributed by atoms with Gasteiger partial charge in [0.05, 0.1) is 17.0 Å². The van der Waals surface area contributed by atoms with E-state index in [1.165, 1.54) is 6.07 Å². The van der Waals surface area contributed by atoms with Gasteiger partial charge >= 0.3 is 0 Å². The number of primary amides is 1. The largest absolute Gasteiger partial charge is 0.366 e. The van der Waals surface area contributed by atoms with Gasteiger partial charge < -0.3 is 11.5 Å². The lowest BCUT2D eigenvalue weighted by Gasteiger charge is -2.12. The van der Waals surface area contributed by atoms with Crippen LogP contribution in [0.4, 0.5) is 4.39 Å². The molecule has 4 N–H and O–H groups in total. The zero-order valence-electron chi connectivity index (χ0n) is 10.5. The maximum Gasteiger partial charge on any atom is 0.251 e. The average Bonchev–Trinajstić information content (AvgIpc) is 2.37. The summed E-state index contributed by atoms with van der Waals surface area (Å²) in [6, 6.07) is 7.81. The topological polar surface area (TPSA) is 82.0 Å². The number of carbonyl (C=O) groups excluding carboxylic acids is 1. The van der Waals surface area contributed by atoms with Crippen molar-refractivity contribution < 1.29 is 9.18 Å². The number of aromatic nitrogens is 1. The molecule has 0 aliphatic heterocycles. The molecule has 98 valence electrons. The number of rotatable bonds is 3. The maximum atomic E-state index is 13.9. The molecule has 1 amide bonds. The van der Waals surface area contributed by atoms with E-state index in [9.17, 15) is 9.18 Å². The Bertz CT molecular complexity index is 641. The van der Waals surface area contributed by atoms with Crippen LogP contribution in [0.25, 0.3) is 11.1 Å². The molecule has 0 saturated carbocycles. The van der Waals surface area contributed by atoms with Crippen molar-refractivity contribution in [2.24, 2.45) is 11.5 Å². The Balaban J connectivity index is 2.77. The molecule has 0 fully saturated rings. The van der Waals surface area contributed by atoms with Crippen molar-refractivity contribution in [3.8, 4) is 11.1 Å². The molecule has 0 unspecified atom stereocenters. The van der Waals surface area contributed by atoms with E-state index in [2.05, 4.69) is 4.98 Å². The van der Waals surface area contributed by atoms with Gasteiger partial charge in [-0.2, -0.15) is 0 Å². The second kappa shape index (κ2) is 5.16. The first-order chi connectivity index (χ1) is 9.04. The number of benzene rings is 1. The predicted octanol–water partition coefficient (Wildman–Crippen LogP) is 1.75. The monoisotopic (exact) mass is 259 g/mol. The van der Waals surface area contributed by atoms with Gasteiger partial charge in [0.25, 0.3) is 5.91 Å². The molecular weight excluding hydrogens is 245 g/mol. The van der Waals surface area contributed by atoms with E-state index in [4.69, 9.17) is 11.5 Å². The number of hydrogen-bond donors (Lipinski definition) is 2. The molecule has 1 aromatic carbocycles. The molecule has 4 nitrogen and oxygen atoms in total. The van der Waals surface area contributed by atoms with Crippen LogP contribution in [0.3, 0.4) is 0 Å². The van der Waals surface area contributed by atoms with Crippen LogP contribution in [0.1, 0.15) is 21.7 Å². The summed E-state index contributed by atoms with van der Waals surface area (Å²) >= 11 is 0. The number of carbonyl (C=O) groups is 1. The number of halogens is 1. The Hall–Kier alpha value is -2.27. The lowest BCUT2D eigenvalue weighted by Crippen LogP contribution is -2.17. The Morgan fingerprint density at radius 1 is 1.32 bits per heavy atom. The van der Waals surface area contributed by atoms with Crippen LogP contribution in [0.5, 0.6) is 0 Å². The van der Waals surface area contributed by atoms with E-state index in [1.54, 1.807) is 31.2 Å². The fourth-order valence-electron chi connectivity index (χ4n) is 2.04. The summed E-state index contributed by atoms with van der Waals surface area (Å²) in [5.41, 5.74) is 12.9. The Labute approximate surface area is 110 Å². The fourth-order valence-corrected chi connectivity index (χ4v) is 2.04. The number of nitrogens with zero attached hydrogens (tertiary/aromatic N) is 1. The molecule has 0 saturated heterocycles. The first-order valence-electron chi connectivity index (χ1n) is 5.80. The van der Waals surface area contributed by atoms with Crippen molar-refractivity contribution in [3.05, 3.63) is 53.1 Å². The molecule has 0 aliphatic carbocycles. The minimum absolute atomic E-state index is 0.210. The highest BCUT2D eigenvalue weighted by Gasteiger charge is 2.17. The van der Waals surface area contributed by atoms with Gasteiger partial charge in [-0.25, -0.2) is 4.39 Å². The molecule has 0 spiro atoms. The third-order valence-corrected chi connectivity index (χ3v) is 2.87. The molecule has 0 radical (unpaired) electrons. The van der Waals surface area contributed by atoms with Gasteiger partial charge in [0.15, 0.2) is 0 Å². The van der Waals surface area contributed by atoms with Crippen LogP contribution in [0.2, 0.25) is 0 Å². The van der Waals surface area contributed by atoms with Crippen LogP contribution >= 0.6 is 0 Å². The van der Waals surface area contributed by atoms with Crippen LogP contribution in [-0.4, -0.2) is 10.9 Å². The Morgan fingerprint density at radius 2 is 2.00 bits per heavy atom. The molecule has 1 aromatic heterocycles. The molecule has 0 bridgehead atoms. The lowest BCUT2D eigenvalue weighted by molar-refractivity contribution is 0.1000. The van der Waals surface area contributed by atoms with E-state index in [0.29, 0.717) is 22.5 Å². The van der Waals surface area contributed by atoms with Crippen LogP contribution < -0.4 is 11.5 Å². The number of amides is 1. The molecule has 1 heterocycles. The third kappa shape index (κ3) is 2.46. The molecule has 0 atom stereocenters. The van der Waals surface area contributed by atoms with Gasteiger partial charge in [-0.1, -0.05) is 18.2 Å². The van der Waals surface area contributed by atoms with Gasteiger partial charge in [-0.3, -0.25) is 9.78 Å². The second-order valence-electron chi connectivity index (χ2n) is 4.17. The summed E-state index contributed by atoms with van der Waals surface area (Å²) in [7, 11) is 0. The van der Waals surface area contributed by atoms with E-state index >= 15 is 0 Å². The van der Waals surface area contributed by atoms with Gasteiger partial charge in [-0.15, -0.1) is 0 Å². The molecule has 19 heavy (non-hydrogen) atoms. The Morgan fingerprint density at radius 3 is 2.58 bits per heavy atom. The van der Waals surface area contributed by atoms with Crippen LogP contribution in [0.15, 0.2) is 30.3 Å². The summed E-state index contributed by atoms with van der Waals surface area (Å²) in [6.45, 7) is 1.87. The predicted molar refractivity (Wildman–Crippen MR) is 70.8 cm³/mol. The highest BCUT2D eigenvalue weighted by atomic mass is 19.1. The maximum absolute atomic E-state index is 13.9. The number of hydrogen-bond acceptors (Lipinski definition) is 3. The standard InChI is InChI=1S/C14H14FN3O/c1-8-13(14(17)19)11(6-9(7-16)18-8)10-4-2-3-5-12(10)15/h2-6H,7,16H2,1H3,(H2,17,19). The fraction of sp³-hybridized carbons (Fsp3) is 0.143. The van der Waals surface area contributed by atoms with Crippen molar-refractivity contribution in [2.75, 3.05) is 0 Å². The normalized spacial score (nSPS) is 10.5. The number of aryl methyl sites for hydroxylation is 1. The van der Waals surface area contributed by atoms with Crippen molar-refractivity contribution in [1.29, 1.82) is 0 Å². The zero-order chi connectivity index (χ0) is 14.0. The second-order valence-corrected chi connectivity index (χ2v) is 4.17. The highest BCUT2D eigenvalue weighted by Crippen LogP contribution is 2.28. The third-order valence-electron chi connectivity index (χ3n) is 2.87. The summed E-state index contributed by atoms with van der Waals surface area (Å²) in [4.78, 5) is 15.7. The first kappa shape index (κ1) is 13.2. The van der Waals surface area contributed by atoms with Crippen molar-refractivity contribution in [2.45, 2.75) is 13.5 Å². The van der Waals surface area contributed by atoms with E-state index in [0.717, 1.165) is 0 Å². The number of pyridine rings is 1. The number of nitrogens with two attached hydrogens (primary N) is 2. The Kier molecular flexibility index (Phi) is 3.57. The van der Waals surface area contributed by atoms with Crippen molar-refractivity contribution in [3.63, 3.8) is 0 Å². The van der Waals surface area contributed by atoms with E-state index in [1.807, 2.05) is 0 Å². The van der Waals surface area contributed by atoms with E-state index in [-0.39, 0.29) is 12.1 Å². The summed E-state index contributed by atoms with van der Waals surface area (Å²) in [6.07, 6.45) is 0. The molecule has 5 heteroatoms. The minimum atomic E-state index is -0.633. The minimum Gasteiger partial charge on any atom is -0.366 e. The lowest BCUT2D eigenvalue weighted by atomic mass is 9.97. The van der Waals surface area contributed by atoms with Gasteiger partial charge in [-0.05, 0) is 19.1 Å². The van der Waals surface area contributed by atoms with Crippen molar-refractivity contribution in [1.82, 2.24) is 4.98 Å². The zero-order valence-corrected chi connectivity index (χ0v) is 10.5. The van der Waals surface area contributed by atoms with Crippen molar-refractivity contribution >= 4 is 5.91 Å². The van der Waals surface area contributed by atoms with E-state index < -0.39 is 11.7 Å². The SMILES string of the molecule is Cc1nc(CN)cc(-c2ccccc2F)c1C(N)=O. The van der Waals surface area contributed by atoms with Gasteiger partial charge in [0.2, 0.25) is 0 Å². The van der Waals surface area contributed by atoms with Crippen LogP contribution in [-0.2, 0) is 6.54 Å². The molecule has 2 aromatic rings. The quantitative estimate of drug-likeness (QED) is 0.881. The summed E-state index contributed by atoms with van der Waals surface area (Å²) < 4.78 is 13.9. The van der Waals surface area contributed by atoms with Gasteiger partial charge in [0.1, 0.15) is 5.82 Å². The molecular formula is C14H14FN3O. The summed E-state index contributed by atoms with van der Waals surface area (Å²) in [5.74, 6) is -1.05. The van der Waals surface area contributed by atoms with Gasteiger partial charge in [0, 0.05) is 17.7 Å². The molecule has 2 rings (SSSR count). The average molecular weight is 259 g/mol. The smallest absolute Gasteiger partial charge is 0.251 e. The van der Waals surface area contributed by atoms with Crippen LogP contribution in [0, 0.1) is 12.7 Å². The summed E-state index contributed by atoms with van der Waals surface area (Å²) in [5, 5.41) is 0. The highest BCUT2D eigenvalue weighted by molar-refractivity contribution is 6.01. The molecule has 0 aliphatic rings.